The van der Waals surface area contributed by atoms with Crippen molar-refractivity contribution in [1.29, 1.82) is 0 Å². The number of rotatable bonds is 4. The fraction of sp³-hybridized carbons (Fsp3) is 0.273. The second-order valence-corrected chi connectivity index (χ2v) is 8.24. The number of thioether (sulfide) groups is 1. The van der Waals surface area contributed by atoms with E-state index in [0.717, 1.165) is 16.7 Å². The first-order valence-corrected chi connectivity index (χ1v) is 10.2. The molecule has 0 saturated heterocycles. The number of para-hydroxylation sites is 1. The lowest BCUT2D eigenvalue weighted by molar-refractivity contribution is -0.131. The van der Waals surface area contributed by atoms with Gasteiger partial charge in [0.1, 0.15) is 0 Å². The van der Waals surface area contributed by atoms with E-state index in [2.05, 4.69) is 0 Å². The van der Waals surface area contributed by atoms with Crippen molar-refractivity contribution in [2.75, 3.05) is 4.90 Å². The lowest BCUT2D eigenvalue weighted by Crippen LogP contribution is -2.23. The van der Waals surface area contributed by atoms with Crippen LogP contribution in [0, 0.1) is 0 Å². The smallest absolute Gasteiger partial charge is 0.330 e. The number of carbonyl (C=O) groups is 2. The first kappa shape index (κ1) is 17.9. The first-order chi connectivity index (χ1) is 13.1. The van der Waals surface area contributed by atoms with Crippen molar-refractivity contribution in [2.45, 2.75) is 42.2 Å². The fourth-order valence-corrected chi connectivity index (χ4v) is 5.21. The van der Waals surface area contributed by atoms with Crippen molar-refractivity contribution >= 4 is 35.0 Å². The summed E-state index contributed by atoms with van der Waals surface area (Å²) in [5.41, 5.74) is 2.41. The molecule has 1 fully saturated rings. The molecule has 1 amide bonds. The molecule has 2 aromatic carbocycles. The molecule has 4 nitrogen and oxygen atoms in total. The molecule has 1 saturated carbocycles. The van der Waals surface area contributed by atoms with Crippen LogP contribution in [0.25, 0.3) is 5.70 Å². The highest BCUT2D eigenvalue weighted by molar-refractivity contribution is 8.00. The highest BCUT2D eigenvalue weighted by Gasteiger charge is 2.35. The highest BCUT2D eigenvalue weighted by atomic mass is 32.2. The van der Waals surface area contributed by atoms with Crippen LogP contribution in [0.2, 0.25) is 0 Å². The Morgan fingerprint density at radius 2 is 1.67 bits per heavy atom. The number of benzene rings is 2. The zero-order valence-electron chi connectivity index (χ0n) is 14.9. The van der Waals surface area contributed by atoms with Gasteiger partial charge in [0.2, 0.25) is 0 Å². The molecule has 138 valence electrons. The van der Waals surface area contributed by atoms with Crippen molar-refractivity contribution in [3.8, 4) is 0 Å². The summed E-state index contributed by atoms with van der Waals surface area (Å²) < 4.78 is 0. The van der Waals surface area contributed by atoms with Crippen molar-refractivity contribution in [1.82, 2.24) is 0 Å². The number of carboxylic acids is 1. The van der Waals surface area contributed by atoms with Crippen LogP contribution >= 0.6 is 11.8 Å². The van der Waals surface area contributed by atoms with E-state index in [9.17, 15) is 14.7 Å². The van der Waals surface area contributed by atoms with Gasteiger partial charge in [0.15, 0.2) is 0 Å². The van der Waals surface area contributed by atoms with Gasteiger partial charge in [0, 0.05) is 27.3 Å². The van der Waals surface area contributed by atoms with Crippen LogP contribution in [0.1, 0.15) is 48.0 Å². The summed E-state index contributed by atoms with van der Waals surface area (Å²) in [6.45, 7) is 0. The Balaban J connectivity index is 1.76. The molecule has 0 bridgehead atoms. The number of anilines is 1. The number of aliphatic carboxylic acids is 1. The number of hydrogen-bond acceptors (Lipinski definition) is 3. The van der Waals surface area contributed by atoms with Crippen LogP contribution in [-0.4, -0.2) is 22.2 Å². The standard InChI is InChI=1S/C22H21NO3S/c24-21(25)14-19-16-10-4-5-11-17(16)22(26)23(19)18-12-6-7-13-20(18)27-15-8-2-1-3-9-15/h4-7,10-15H,1-3,8-9H2,(H,24,25)/b19-14+. The molecule has 5 heteroatoms. The van der Waals surface area contributed by atoms with E-state index in [0.29, 0.717) is 22.1 Å². The molecule has 0 aromatic heterocycles. The van der Waals surface area contributed by atoms with Crippen molar-refractivity contribution in [2.24, 2.45) is 0 Å². The number of carbonyl (C=O) groups excluding carboxylic acids is 1. The van der Waals surface area contributed by atoms with E-state index >= 15 is 0 Å². The predicted molar refractivity (Wildman–Crippen MR) is 108 cm³/mol. The number of hydrogen-bond donors (Lipinski definition) is 1. The molecule has 1 heterocycles. The third-order valence-corrected chi connectivity index (χ3v) is 6.49. The van der Waals surface area contributed by atoms with E-state index in [4.69, 9.17) is 0 Å². The second-order valence-electron chi connectivity index (χ2n) is 6.90. The molecule has 4 rings (SSSR count). The Morgan fingerprint density at radius 3 is 2.41 bits per heavy atom. The Hall–Kier alpha value is -2.53. The highest BCUT2D eigenvalue weighted by Crippen LogP contribution is 2.43. The summed E-state index contributed by atoms with van der Waals surface area (Å²) in [4.78, 5) is 27.1. The van der Waals surface area contributed by atoms with Crippen LogP contribution in [0.4, 0.5) is 5.69 Å². The summed E-state index contributed by atoms with van der Waals surface area (Å²) in [6.07, 6.45) is 7.29. The number of nitrogens with zero attached hydrogens (tertiary/aromatic N) is 1. The third-order valence-electron chi connectivity index (χ3n) is 5.09. The van der Waals surface area contributed by atoms with Crippen LogP contribution in [0.3, 0.4) is 0 Å². The average Bonchev–Trinajstić information content (AvgIpc) is 2.95. The number of amides is 1. The molecule has 1 N–H and O–H groups in total. The van der Waals surface area contributed by atoms with Gasteiger partial charge in [-0.15, -0.1) is 11.8 Å². The molecule has 0 spiro atoms. The second kappa shape index (κ2) is 7.61. The predicted octanol–water partition coefficient (Wildman–Crippen LogP) is 5.20. The van der Waals surface area contributed by atoms with Gasteiger partial charge in [-0.3, -0.25) is 9.69 Å². The molecule has 1 aliphatic carbocycles. The maximum Gasteiger partial charge on any atom is 0.330 e. The minimum atomic E-state index is -1.06. The van der Waals surface area contributed by atoms with Gasteiger partial charge in [-0.25, -0.2) is 4.79 Å². The molecule has 2 aliphatic rings. The van der Waals surface area contributed by atoms with Gasteiger partial charge >= 0.3 is 5.97 Å². The maximum atomic E-state index is 13.1. The Morgan fingerprint density at radius 1 is 1.00 bits per heavy atom. The van der Waals surface area contributed by atoms with E-state index in [1.54, 1.807) is 23.1 Å². The van der Waals surface area contributed by atoms with E-state index < -0.39 is 5.97 Å². The zero-order chi connectivity index (χ0) is 18.8. The van der Waals surface area contributed by atoms with Crippen LogP contribution in [0.5, 0.6) is 0 Å². The molecular weight excluding hydrogens is 358 g/mol. The van der Waals surface area contributed by atoms with E-state index in [1.807, 2.05) is 42.1 Å². The molecule has 0 unspecified atom stereocenters. The summed E-state index contributed by atoms with van der Waals surface area (Å²) in [7, 11) is 0. The Kier molecular flexibility index (Phi) is 5.03. The molecule has 27 heavy (non-hydrogen) atoms. The lowest BCUT2D eigenvalue weighted by Gasteiger charge is -2.25. The quantitative estimate of drug-likeness (QED) is 0.742. The Labute approximate surface area is 162 Å². The largest absolute Gasteiger partial charge is 0.478 e. The summed E-state index contributed by atoms with van der Waals surface area (Å²) in [6, 6.07) is 15.0. The molecule has 0 radical (unpaired) electrons. The van der Waals surface area contributed by atoms with Gasteiger partial charge in [-0.2, -0.15) is 0 Å². The monoisotopic (exact) mass is 379 g/mol. The normalized spacial score (nSPS) is 18.7. The molecule has 2 aromatic rings. The first-order valence-electron chi connectivity index (χ1n) is 9.29. The van der Waals surface area contributed by atoms with Crippen LogP contribution in [0.15, 0.2) is 59.5 Å². The summed E-state index contributed by atoms with van der Waals surface area (Å²) >= 11 is 1.81. The van der Waals surface area contributed by atoms with E-state index in [-0.39, 0.29) is 5.91 Å². The minimum Gasteiger partial charge on any atom is -0.478 e. The molecular formula is C22H21NO3S. The van der Waals surface area contributed by atoms with Crippen LogP contribution < -0.4 is 4.90 Å². The topological polar surface area (TPSA) is 57.6 Å². The average molecular weight is 379 g/mol. The Bertz CT molecular complexity index is 915. The number of fused-ring (bicyclic) bond motifs is 1. The fourth-order valence-electron chi connectivity index (χ4n) is 3.85. The maximum absolute atomic E-state index is 13.1. The van der Waals surface area contributed by atoms with Crippen molar-refractivity contribution < 1.29 is 14.7 Å². The van der Waals surface area contributed by atoms with Gasteiger partial charge in [-0.1, -0.05) is 49.6 Å². The third kappa shape index (κ3) is 3.52. The van der Waals surface area contributed by atoms with Gasteiger partial charge in [0.05, 0.1) is 11.4 Å². The molecule has 0 atom stereocenters. The minimum absolute atomic E-state index is 0.171. The van der Waals surface area contributed by atoms with E-state index in [1.165, 1.54) is 32.1 Å². The lowest BCUT2D eigenvalue weighted by atomic mass is 10.0. The van der Waals surface area contributed by atoms with Gasteiger partial charge in [0.25, 0.3) is 5.91 Å². The van der Waals surface area contributed by atoms with Crippen molar-refractivity contribution in [3.63, 3.8) is 0 Å². The van der Waals surface area contributed by atoms with Gasteiger partial charge < -0.3 is 5.11 Å². The zero-order valence-corrected chi connectivity index (χ0v) is 15.7. The summed E-state index contributed by atoms with van der Waals surface area (Å²) in [5, 5.41) is 9.91. The van der Waals surface area contributed by atoms with Gasteiger partial charge in [-0.05, 0) is 31.0 Å². The summed E-state index contributed by atoms with van der Waals surface area (Å²) in [5.74, 6) is -1.23. The number of carboxylic acid groups (broad SMARTS) is 1. The van der Waals surface area contributed by atoms with Crippen LogP contribution in [-0.2, 0) is 4.79 Å². The molecule has 1 aliphatic heterocycles. The van der Waals surface area contributed by atoms with Crippen molar-refractivity contribution in [3.05, 3.63) is 65.7 Å². The SMILES string of the molecule is O=C(O)/C=C1\c2ccccc2C(=O)N1c1ccccc1SC1CCCCC1.